The number of piperidine rings is 1. The molecule has 0 bridgehead atoms. The fraction of sp³-hybridized carbons (Fsp3) is 0.417. The van der Waals surface area contributed by atoms with Crippen LogP contribution in [0.25, 0.3) is 0 Å². The van der Waals surface area contributed by atoms with Crippen LogP contribution in [0, 0.1) is 0 Å². The fourth-order valence-electron chi connectivity index (χ4n) is 3.55. The van der Waals surface area contributed by atoms with Gasteiger partial charge in [-0.1, -0.05) is 30.3 Å². The van der Waals surface area contributed by atoms with Crippen molar-refractivity contribution in [2.75, 3.05) is 26.8 Å². The summed E-state index contributed by atoms with van der Waals surface area (Å²) in [4.78, 5) is 26.4. The molecule has 0 spiro atoms. The van der Waals surface area contributed by atoms with Gasteiger partial charge in [-0.2, -0.15) is 0 Å². The zero-order valence-corrected chi connectivity index (χ0v) is 17.7. The third-order valence-electron chi connectivity index (χ3n) is 5.38. The highest BCUT2D eigenvalue weighted by atomic mass is 16.5. The third kappa shape index (κ3) is 6.07. The topological polar surface area (TPSA) is 67.9 Å². The number of rotatable bonds is 8. The summed E-state index contributed by atoms with van der Waals surface area (Å²) < 4.78 is 11.0. The average Bonchev–Trinajstić information content (AvgIpc) is 2.79. The molecule has 3 rings (SSSR count). The molecule has 2 aromatic carbocycles. The normalized spacial score (nSPS) is 15.5. The van der Waals surface area contributed by atoms with Gasteiger partial charge in [0.2, 0.25) is 5.91 Å². The molecule has 30 heavy (non-hydrogen) atoms. The van der Waals surface area contributed by atoms with E-state index in [0.717, 1.165) is 24.2 Å². The van der Waals surface area contributed by atoms with Crippen molar-refractivity contribution in [2.45, 2.75) is 38.3 Å². The van der Waals surface area contributed by atoms with Crippen molar-refractivity contribution in [3.63, 3.8) is 0 Å². The maximum absolute atomic E-state index is 12.5. The Morgan fingerprint density at radius 1 is 1.07 bits per heavy atom. The summed E-state index contributed by atoms with van der Waals surface area (Å²) in [6.45, 7) is 3.83. The summed E-state index contributed by atoms with van der Waals surface area (Å²) in [6, 6.07) is 17.0. The van der Waals surface area contributed by atoms with Crippen molar-refractivity contribution in [3.8, 4) is 5.75 Å². The van der Waals surface area contributed by atoms with E-state index in [4.69, 9.17) is 9.47 Å². The first kappa shape index (κ1) is 21.8. The second kappa shape index (κ2) is 10.8. The van der Waals surface area contributed by atoms with Crippen molar-refractivity contribution < 1.29 is 19.1 Å². The molecule has 2 amide bonds. The van der Waals surface area contributed by atoms with Crippen LogP contribution in [0.15, 0.2) is 54.6 Å². The summed E-state index contributed by atoms with van der Waals surface area (Å²) in [5, 5.41) is 3.02. The monoisotopic (exact) mass is 410 g/mol. The Hall–Kier alpha value is -2.86. The first-order valence-electron chi connectivity index (χ1n) is 10.5. The van der Waals surface area contributed by atoms with Crippen LogP contribution < -0.4 is 10.1 Å². The fourth-order valence-corrected chi connectivity index (χ4v) is 3.55. The number of carbonyl (C=O) groups excluding carboxylic acids is 2. The van der Waals surface area contributed by atoms with Crippen molar-refractivity contribution in [1.29, 1.82) is 0 Å². The Balaban J connectivity index is 1.47. The van der Waals surface area contributed by atoms with Crippen LogP contribution in [-0.4, -0.2) is 49.6 Å². The lowest BCUT2D eigenvalue weighted by molar-refractivity contribution is -0.133. The molecule has 6 heteroatoms. The van der Waals surface area contributed by atoms with Crippen LogP contribution in [0.4, 0.5) is 0 Å². The Kier molecular flexibility index (Phi) is 7.85. The van der Waals surface area contributed by atoms with Crippen LogP contribution >= 0.6 is 0 Å². The zero-order chi connectivity index (χ0) is 21.3. The van der Waals surface area contributed by atoms with E-state index in [1.807, 2.05) is 54.3 Å². The van der Waals surface area contributed by atoms with E-state index in [1.165, 1.54) is 0 Å². The third-order valence-corrected chi connectivity index (χ3v) is 5.38. The quantitative estimate of drug-likeness (QED) is 0.722. The first-order chi connectivity index (χ1) is 14.6. The number of hydrogen-bond donors (Lipinski definition) is 1. The van der Waals surface area contributed by atoms with E-state index in [0.29, 0.717) is 31.7 Å². The molecule has 1 aliphatic rings. The van der Waals surface area contributed by atoms with E-state index in [2.05, 4.69) is 5.32 Å². The van der Waals surface area contributed by atoms with Gasteiger partial charge in [0.1, 0.15) is 11.9 Å². The lowest BCUT2D eigenvalue weighted by Crippen LogP contribution is -2.42. The summed E-state index contributed by atoms with van der Waals surface area (Å²) in [5.41, 5.74) is 1.67. The molecule has 1 heterocycles. The van der Waals surface area contributed by atoms with Crippen molar-refractivity contribution in [1.82, 2.24) is 10.2 Å². The molecule has 0 saturated carbocycles. The van der Waals surface area contributed by atoms with Gasteiger partial charge in [-0.15, -0.1) is 0 Å². The Morgan fingerprint density at radius 3 is 2.37 bits per heavy atom. The van der Waals surface area contributed by atoms with Crippen LogP contribution in [0.3, 0.4) is 0 Å². The highest BCUT2D eigenvalue weighted by Crippen LogP contribution is 2.21. The molecule has 1 N–H and O–H groups in total. The Labute approximate surface area is 178 Å². The van der Waals surface area contributed by atoms with Gasteiger partial charge in [0.25, 0.3) is 5.91 Å². The number of hydrogen-bond acceptors (Lipinski definition) is 4. The molecule has 2 aromatic rings. The van der Waals surface area contributed by atoms with Crippen LogP contribution in [0.2, 0.25) is 0 Å². The number of likely N-dealkylation sites (tertiary alicyclic amines) is 1. The highest BCUT2D eigenvalue weighted by Gasteiger charge is 2.23. The largest absolute Gasteiger partial charge is 0.490 e. The summed E-state index contributed by atoms with van der Waals surface area (Å²) in [5.74, 6) is 0.767. The predicted octanol–water partition coefficient (Wildman–Crippen LogP) is 3.58. The van der Waals surface area contributed by atoms with Crippen LogP contribution in [-0.2, 0) is 9.53 Å². The number of carbonyl (C=O) groups is 2. The van der Waals surface area contributed by atoms with E-state index in [9.17, 15) is 9.59 Å². The van der Waals surface area contributed by atoms with E-state index in [1.54, 1.807) is 19.2 Å². The predicted molar refractivity (Wildman–Crippen MR) is 115 cm³/mol. The second-order valence-corrected chi connectivity index (χ2v) is 7.57. The molecule has 0 unspecified atom stereocenters. The summed E-state index contributed by atoms with van der Waals surface area (Å²) in [7, 11) is 1.60. The van der Waals surface area contributed by atoms with Gasteiger partial charge >= 0.3 is 0 Å². The molecule has 0 aromatic heterocycles. The van der Waals surface area contributed by atoms with Crippen molar-refractivity contribution >= 4 is 11.8 Å². The minimum absolute atomic E-state index is 0.0635. The first-order valence-corrected chi connectivity index (χ1v) is 10.5. The smallest absolute Gasteiger partial charge is 0.251 e. The molecule has 160 valence electrons. The SMILES string of the molecule is COCCC(=O)N1CCC(Oc2ccc(C(=O)N[C@@H](C)c3ccccc3)cc2)CC1. The number of benzene rings is 2. The van der Waals surface area contributed by atoms with Crippen LogP contribution in [0.5, 0.6) is 5.75 Å². The van der Waals surface area contributed by atoms with Gasteiger partial charge in [0, 0.05) is 38.6 Å². The molecular formula is C24H30N2O4. The molecule has 1 aliphatic heterocycles. The number of nitrogens with one attached hydrogen (secondary N) is 1. The van der Waals surface area contributed by atoms with Gasteiger partial charge in [0.15, 0.2) is 0 Å². The number of amides is 2. The average molecular weight is 411 g/mol. The van der Waals surface area contributed by atoms with Crippen molar-refractivity contribution in [2.24, 2.45) is 0 Å². The molecule has 0 radical (unpaired) electrons. The Bertz CT molecular complexity index is 815. The highest BCUT2D eigenvalue weighted by molar-refractivity contribution is 5.94. The molecule has 0 aliphatic carbocycles. The van der Waals surface area contributed by atoms with Gasteiger partial charge in [0.05, 0.1) is 19.1 Å². The van der Waals surface area contributed by atoms with E-state index in [-0.39, 0.29) is 24.0 Å². The van der Waals surface area contributed by atoms with Gasteiger partial charge in [-0.3, -0.25) is 9.59 Å². The number of nitrogens with zero attached hydrogens (tertiary/aromatic N) is 1. The molecule has 1 saturated heterocycles. The second-order valence-electron chi connectivity index (χ2n) is 7.57. The van der Waals surface area contributed by atoms with Crippen molar-refractivity contribution in [3.05, 3.63) is 65.7 Å². The van der Waals surface area contributed by atoms with E-state index < -0.39 is 0 Å². The Morgan fingerprint density at radius 2 is 1.73 bits per heavy atom. The molecule has 1 fully saturated rings. The lowest BCUT2D eigenvalue weighted by Gasteiger charge is -2.32. The summed E-state index contributed by atoms with van der Waals surface area (Å²) in [6.07, 6.45) is 2.11. The maximum atomic E-state index is 12.5. The molecular weight excluding hydrogens is 380 g/mol. The lowest BCUT2D eigenvalue weighted by atomic mass is 10.1. The van der Waals surface area contributed by atoms with Gasteiger partial charge < -0.3 is 19.7 Å². The standard InChI is InChI=1S/C24H30N2O4/c1-18(19-6-4-3-5-7-19)25-24(28)20-8-10-21(11-9-20)30-22-12-15-26(16-13-22)23(27)14-17-29-2/h3-11,18,22H,12-17H2,1-2H3,(H,25,28)/t18-/m0/s1. The minimum Gasteiger partial charge on any atom is -0.490 e. The minimum atomic E-state index is -0.110. The number of ether oxygens (including phenoxy) is 2. The van der Waals surface area contributed by atoms with Gasteiger partial charge in [-0.05, 0) is 36.8 Å². The van der Waals surface area contributed by atoms with Crippen LogP contribution in [0.1, 0.15) is 48.1 Å². The molecule has 1 atom stereocenters. The van der Waals surface area contributed by atoms with Gasteiger partial charge in [-0.25, -0.2) is 0 Å². The van der Waals surface area contributed by atoms with E-state index >= 15 is 0 Å². The molecule has 6 nitrogen and oxygen atoms in total. The maximum Gasteiger partial charge on any atom is 0.251 e. The zero-order valence-electron chi connectivity index (χ0n) is 17.7. The number of methoxy groups -OCH3 is 1. The summed E-state index contributed by atoms with van der Waals surface area (Å²) >= 11 is 0.